The van der Waals surface area contributed by atoms with Gasteiger partial charge < -0.3 is 45.5 Å². The molecule has 0 unspecified atom stereocenters. The Bertz CT molecular complexity index is 882. The third kappa shape index (κ3) is 2.74. The van der Waals surface area contributed by atoms with Gasteiger partial charge in [0.15, 0.2) is 11.5 Å². The lowest BCUT2D eigenvalue weighted by atomic mass is 9.92. The Morgan fingerprint density at radius 3 is 2.48 bits per heavy atom. The largest absolute Gasteiger partial charge is 0.394 e. The number of rotatable bonds is 5. The highest BCUT2D eigenvalue weighted by Gasteiger charge is 2.66. The molecule has 4 rings (SSSR count). The Balaban J connectivity index is 1.93. The number of aromatic nitrogens is 4. The van der Waals surface area contributed by atoms with Gasteiger partial charge >= 0.3 is 0 Å². The van der Waals surface area contributed by atoms with E-state index in [0.717, 1.165) is 0 Å². The van der Waals surface area contributed by atoms with Crippen molar-refractivity contribution in [2.45, 2.75) is 48.5 Å². The van der Waals surface area contributed by atoms with E-state index in [1.54, 1.807) is 0 Å². The van der Waals surface area contributed by atoms with Crippen molar-refractivity contribution in [1.82, 2.24) is 19.5 Å². The summed E-state index contributed by atoms with van der Waals surface area (Å²) in [5.41, 5.74) is 4.33. The number of nitrogen functional groups attached to an aromatic ring is 1. The summed E-state index contributed by atoms with van der Waals surface area (Å²) in [7, 11) is 1.32. The average Bonchev–Trinajstić information content (AvgIpc) is 3.37. The lowest BCUT2D eigenvalue weighted by Gasteiger charge is -2.40. The molecule has 13 nitrogen and oxygen atoms in total. The zero-order valence-corrected chi connectivity index (χ0v) is 15.4. The SMILES string of the molecule is CO[C@@H]1[C@H](O)[C@@H](CO)O[C@H]1[C@@]1(n2cnc3c(N)ncnc32)O[C@H](CO)[C@@H](O)[C@H]1O. The highest BCUT2D eigenvalue weighted by Crippen LogP contribution is 2.46. The minimum Gasteiger partial charge on any atom is -0.394 e. The van der Waals surface area contributed by atoms with Gasteiger partial charge in [0, 0.05) is 7.11 Å². The van der Waals surface area contributed by atoms with E-state index < -0.39 is 61.7 Å². The molecule has 0 amide bonds. The van der Waals surface area contributed by atoms with E-state index in [1.807, 2.05) is 0 Å². The van der Waals surface area contributed by atoms with E-state index in [-0.39, 0.29) is 17.0 Å². The lowest BCUT2D eigenvalue weighted by Crippen LogP contribution is -2.58. The second kappa shape index (κ2) is 7.37. The zero-order valence-electron chi connectivity index (χ0n) is 15.4. The molecule has 2 aliphatic heterocycles. The van der Waals surface area contributed by atoms with Crippen LogP contribution in [0.4, 0.5) is 5.82 Å². The van der Waals surface area contributed by atoms with Crippen LogP contribution < -0.4 is 5.73 Å². The first kappa shape index (κ1) is 20.3. The van der Waals surface area contributed by atoms with Crippen LogP contribution >= 0.6 is 0 Å². The lowest BCUT2D eigenvalue weighted by molar-refractivity contribution is -0.233. The van der Waals surface area contributed by atoms with Gasteiger partial charge in [-0.25, -0.2) is 15.0 Å². The van der Waals surface area contributed by atoms with Gasteiger partial charge in [0.05, 0.1) is 19.5 Å². The van der Waals surface area contributed by atoms with E-state index in [0.29, 0.717) is 0 Å². The van der Waals surface area contributed by atoms with Crippen molar-refractivity contribution in [2.24, 2.45) is 0 Å². The quantitative estimate of drug-likeness (QED) is 0.281. The maximum atomic E-state index is 11.0. The first-order valence-electron chi connectivity index (χ1n) is 8.96. The zero-order chi connectivity index (χ0) is 20.9. The number of hydrogen-bond acceptors (Lipinski definition) is 12. The number of hydrogen-bond donors (Lipinski definition) is 6. The minimum absolute atomic E-state index is 0.0829. The fraction of sp³-hybridized carbons (Fsp3) is 0.688. The maximum absolute atomic E-state index is 11.0. The van der Waals surface area contributed by atoms with Crippen LogP contribution in [-0.4, -0.2) is 108 Å². The number of anilines is 1. The van der Waals surface area contributed by atoms with E-state index >= 15 is 0 Å². The predicted octanol–water partition coefficient (Wildman–Crippen LogP) is -3.69. The van der Waals surface area contributed by atoms with E-state index in [1.165, 1.54) is 24.3 Å². The highest BCUT2D eigenvalue weighted by atomic mass is 16.6. The van der Waals surface area contributed by atoms with E-state index in [2.05, 4.69) is 15.0 Å². The maximum Gasteiger partial charge on any atom is 0.205 e. The molecule has 0 bridgehead atoms. The molecule has 13 heteroatoms. The highest BCUT2D eigenvalue weighted by molar-refractivity contribution is 5.81. The third-order valence-electron chi connectivity index (χ3n) is 5.58. The molecule has 160 valence electrons. The summed E-state index contributed by atoms with van der Waals surface area (Å²) in [5.74, 6) is 0.0829. The molecule has 2 fully saturated rings. The molecule has 4 heterocycles. The summed E-state index contributed by atoms with van der Waals surface area (Å²) in [6, 6.07) is 0. The molecule has 0 spiro atoms. The van der Waals surface area contributed by atoms with Crippen molar-refractivity contribution >= 4 is 17.0 Å². The van der Waals surface area contributed by atoms with Crippen LogP contribution in [-0.2, 0) is 19.9 Å². The second-order valence-corrected chi connectivity index (χ2v) is 7.04. The van der Waals surface area contributed by atoms with Gasteiger partial charge in [-0.05, 0) is 0 Å². The van der Waals surface area contributed by atoms with Gasteiger partial charge in [0.25, 0.3) is 0 Å². The van der Waals surface area contributed by atoms with Crippen molar-refractivity contribution in [3.8, 4) is 0 Å². The molecule has 29 heavy (non-hydrogen) atoms. The first-order chi connectivity index (χ1) is 13.9. The Hall–Kier alpha value is -1.97. The summed E-state index contributed by atoms with van der Waals surface area (Å²) in [6.45, 7) is -1.12. The monoisotopic (exact) mass is 413 g/mol. The molecule has 0 aliphatic carbocycles. The summed E-state index contributed by atoms with van der Waals surface area (Å²) in [6.07, 6.45) is -6.38. The fourth-order valence-electron chi connectivity index (χ4n) is 4.14. The molecule has 8 atom stereocenters. The normalized spacial score (nSPS) is 40.1. The number of ether oxygens (including phenoxy) is 3. The Morgan fingerprint density at radius 2 is 1.86 bits per heavy atom. The van der Waals surface area contributed by atoms with Crippen molar-refractivity contribution in [3.63, 3.8) is 0 Å². The third-order valence-corrected chi connectivity index (χ3v) is 5.58. The summed E-state index contributed by atoms with van der Waals surface area (Å²) < 4.78 is 18.4. The number of aliphatic hydroxyl groups is 5. The summed E-state index contributed by atoms with van der Waals surface area (Å²) in [4.78, 5) is 12.2. The van der Waals surface area contributed by atoms with E-state index in [4.69, 9.17) is 19.9 Å². The molecule has 2 aromatic rings. The first-order valence-corrected chi connectivity index (χ1v) is 8.96. The van der Waals surface area contributed by atoms with Crippen molar-refractivity contribution in [3.05, 3.63) is 12.7 Å². The second-order valence-electron chi connectivity index (χ2n) is 7.04. The Kier molecular flexibility index (Phi) is 5.16. The molecule has 2 aromatic heterocycles. The molecule has 7 N–H and O–H groups in total. The number of fused-ring (bicyclic) bond motifs is 1. The smallest absolute Gasteiger partial charge is 0.205 e. The van der Waals surface area contributed by atoms with Crippen LogP contribution in [0, 0.1) is 0 Å². The number of nitrogens with two attached hydrogens (primary N) is 1. The molecule has 0 aromatic carbocycles. The fourth-order valence-corrected chi connectivity index (χ4v) is 4.14. The Morgan fingerprint density at radius 1 is 1.14 bits per heavy atom. The molecule has 2 aliphatic rings. The summed E-state index contributed by atoms with van der Waals surface area (Å²) in [5, 5.41) is 51.2. The van der Waals surface area contributed by atoms with Crippen LogP contribution in [0.5, 0.6) is 0 Å². The molecule has 0 radical (unpaired) electrons. The van der Waals surface area contributed by atoms with E-state index in [9.17, 15) is 25.5 Å². The number of methoxy groups -OCH3 is 1. The minimum atomic E-state index is -1.91. The van der Waals surface area contributed by atoms with Crippen LogP contribution in [0.1, 0.15) is 0 Å². The topological polar surface area (TPSA) is 198 Å². The van der Waals surface area contributed by atoms with Gasteiger partial charge in [0.2, 0.25) is 5.72 Å². The standard InChI is InChI=1S/C16H23N5O8/c1-27-11-9(24)6(2-22)28-13(11)16(12(26)10(25)7(3-23)29-16)21-5-20-8-14(17)18-4-19-15(8)21/h4-7,9-13,22-26H,2-3H2,1H3,(H2,17,18,19)/t6-,7-,9-,10-,11-,12-,13-,16+/m1/s1. The molecular weight excluding hydrogens is 390 g/mol. The van der Waals surface area contributed by atoms with Crippen molar-refractivity contribution in [2.75, 3.05) is 26.1 Å². The van der Waals surface area contributed by atoms with Gasteiger partial charge in [0.1, 0.15) is 54.6 Å². The van der Waals surface area contributed by atoms with Crippen LogP contribution in [0.2, 0.25) is 0 Å². The predicted molar refractivity (Wildman–Crippen MR) is 94.2 cm³/mol. The molecule has 0 saturated carbocycles. The number of imidazole rings is 1. The van der Waals surface area contributed by atoms with Crippen LogP contribution in [0.15, 0.2) is 12.7 Å². The average molecular weight is 413 g/mol. The van der Waals surface area contributed by atoms with Gasteiger partial charge in [-0.3, -0.25) is 4.57 Å². The number of aliphatic hydroxyl groups excluding tert-OH is 5. The van der Waals surface area contributed by atoms with Gasteiger partial charge in [-0.1, -0.05) is 0 Å². The number of nitrogens with zero attached hydrogens (tertiary/aromatic N) is 4. The van der Waals surface area contributed by atoms with Crippen molar-refractivity contribution < 1.29 is 39.7 Å². The molecular formula is C16H23N5O8. The van der Waals surface area contributed by atoms with Gasteiger partial charge in [-0.2, -0.15) is 0 Å². The van der Waals surface area contributed by atoms with Gasteiger partial charge in [-0.15, -0.1) is 0 Å². The Labute approximate surface area is 164 Å². The van der Waals surface area contributed by atoms with Crippen LogP contribution in [0.3, 0.4) is 0 Å². The molecule has 2 saturated heterocycles. The summed E-state index contributed by atoms with van der Waals surface area (Å²) >= 11 is 0. The van der Waals surface area contributed by atoms with Crippen molar-refractivity contribution in [1.29, 1.82) is 0 Å². The van der Waals surface area contributed by atoms with Crippen LogP contribution in [0.25, 0.3) is 11.2 Å².